The van der Waals surface area contributed by atoms with Crippen molar-refractivity contribution in [3.63, 3.8) is 0 Å². The number of hydrogen-bond donors (Lipinski definition) is 0. The van der Waals surface area contributed by atoms with Crippen molar-refractivity contribution in [2.24, 2.45) is 0 Å². The van der Waals surface area contributed by atoms with Crippen LogP contribution < -0.4 is 4.90 Å². The average Bonchev–Trinajstić information content (AvgIpc) is 2.55. The van der Waals surface area contributed by atoms with E-state index in [-0.39, 0.29) is 0 Å². The molecule has 0 unspecified atom stereocenters. The lowest BCUT2D eigenvalue weighted by molar-refractivity contribution is -0.117. The van der Waals surface area contributed by atoms with Gasteiger partial charge in [-0.15, -0.1) is 0 Å². The Labute approximate surface area is 89.5 Å². The van der Waals surface area contributed by atoms with Gasteiger partial charge in [0, 0.05) is 32.4 Å². The Bertz CT molecular complexity index is 315. The van der Waals surface area contributed by atoms with Crippen molar-refractivity contribution in [2.75, 3.05) is 31.1 Å². The monoisotopic (exact) mass is 205 g/mol. The van der Waals surface area contributed by atoms with Crippen LogP contribution in [0.4, 0.5) is 5.82 Å². The van der Waals surface area contributed by atoms with E-state index in [4.69, 9.17) is 0 Å². The summed E-state index contributed by atoms with van der Waals surface area (Å²) in [5.41, 5.74) is 0. The first-order chi connectivity index (χ1) is 7.40. The van der Waals surface area contributed by atoms with Gasteiger partial charge < -0.3 is 9.80 Å². The van der Waals surface area contributed by atoms with Crippen LogP contribution in [0.1, 0.15) is 6.42 Å². The standard InChI is InChI=1S/C11H15N3O/c15-10-13-6-3-7-14(9-8-13)11-4-1-2-5-12-11/h1-2,4-5,10H,3,6-9H2. The zero-order valence-electron chi connectivity index (χ0n) is 8.67. The lowest BCUT2D eigenvalue weighted by atomic mass is 10.3. The molecule has 4 nitrogen and oxygen atoms in total. The normalized spacial score (nSPS) is 17.3. The van der Waals surface area contributed by atoms with Gasteiger partial charge in [-0.3, -0.25) is 4.79 Å². The van der Waals surface area contributed by atoms with E-state index in [1.807, 2.05) is 23.1 Å². The van der Waals surface area contributed by atoms with Crippen molar-refractivity contribution >= 4 is 12.2 Å². The summed E-state index contributed by atoms with van der Waals surface area (Å²) in [6.45, 7) is 3.49. The molecule has 80 valence electrons. The van der Waals surface area contributed by atoms with Crippen LogP contribution in [-0.2, 0) is 4.79 Å². The Morgan fingerprint density at radius 2 is 2.13 bits per heavy atom. The Hall–Kier alpha value is -1.58. The topological polar surface area (TPSA) is 36.4 Å². The summed E-state index contributed by atoms with van der Waals surface area (Å²) >= 11 is 0. The minimum atomic E-state index is 0.792. The number of carbonyl (C=O) groups excluding carboxylic acids is 1. The molecule has 1 aromatic heterocycles. The molecule has 1 amide bonds. The van der Waals surface area contributed by atoms with Crippen molar-refractivity contribution in [1.82, 2.24) is 9.88 Å². The van der Waals surface area contributed by atoms with E-state index in [0.717, 1.165) is 44.8 Å². The smallest absolute Gasteiger partial charge is 0.209 e. The van der Waals surface area contributed by atoms with E-state index in [1.54, 1.807) is 6.20 Å². The molecule has 1 saturated heterocycles. The van der Waals surface area contributed by atoms with Gasteiger partial charge in [-0.1, -0.05) is 6.07 Å². The summed E-state index contributed by atoms with van der Waals surface area (Å²) in [5.74, 6) is 1.00. The van der Waals surface area contributed by atoms with Crippen LogP contribution in [-0.4, -0.2) is 42.5 Å². The summed E-state index contributed by atoms with van der Waals surface area (Å²) in [6, 6.07) is 5.92. The quantitative estimate of drug-likeness (QED) is 0.668. The zero-order valence-corrected chi connectivity index (χ0v) is 8.67. The second kappa shape index (κ2) is 4.77. The van der Waals surface area contributed by atoms with Gasteiger partial charge in [0.05, 0.1) is 0 Å². The van der Waals surface area contributed by atoms with Crippen LogP contribution in [0.5, 0.6) is 0 Å². The molecule has 0 radical (unpaired) electrons. The van der Waals surface area contributed by atoms with E-state index < -0.39 is 0 Å². The fourth-order valence-electron chi connectivity index (χ4n) is 1.81. The maximum absolute atomic E-state index is 10.6. The minimum absolute atomic E-state index is 0.792. The van der Waals surface area contributed by atoms with E-state index >= 15 is 0 Å². The highest BCUT2D eigenvalue weighted by Gasteiger charge is 2.13. The number of anilines is 1. The summed E-state index contributed by atoms with van der Waals surface area (Å²) in [7, 11) is 0. The fraction of sp³-hybridized carbons (Fsp3) is 0.455. The highest BCUT2D eigenvalue weighted by atomic mass is 16.1. The highest BCUT2D eigenvalue weighted by molar-refractivity contribution is 5.47. The number of hydrogen-bond acceptors (Lipinski definition) is 3. The SMILES string of the molecule is O=CN1CCCN(c2ccccn2)CC1. The van der Waals surface area contributed by atoms with Gasteiger partial charge in [0.25, 0.3) is 0 Å². The van der Waals surface area contributed by atoms with Gasteiger partial charge in [-0.05, 0) is 18.6 Å². The van der Waals surface area contributed by atoms with Crippen LogP contribution in [0, 0.1) is 0 Å². The number of aromatic nitrogens is 1. The Balaban J connectivity index is 2.02. The minimum Gasteiger partial charge on any atom is -0.355 e. The predicted molar refractivity (Wildman–Crippen MR) is 58.7 cm³/mol. The summed E-state index contributed by atoms with van der Waals surface area (Å²) in [5, 5.41) is 0. The second-order valence-corrected chi connectivity index (χ2v) is 3.67. The van der Waals surface area contributed by atoms with E-state index in [1.165, 1.54) is 0 Å². The third kappa shape index (κ3) is 2.46. The first-order valence-electron chi connectivity index (χ1n) is 5.25. The molecule has 1 aromatic rings. The van der Waals surface area contributed by atoms with Gasteiger partial charge >= 0.3 is 0 Å². The van der Waals surface area contributed by atoms with Crippen LogP contribution in [0.15, 0.2) is 24.4 Å². The summed E-state index contributed by atoms with van der Waals surface area (Å²) in [6.07, 6.45) is 3.74. The average molecular weight is 205 g/mol. The summed E-state index contributed by atoms with van der Waals surface area (Å²) in [4.78, 5) is 19.0. The van der Waals surface area contributed by atoms with E-state index in [9.17, 15) is 4.79 Å². The van der Waals surface area contributed by atoms with Crippen molar-refractivity contribution in [3.05, 3.63) is 24.4 Å². The van der Waals surface area contributed by atoms with E-state index in [2.05, 4.69) is 9.88 Å². The van der Waals surface area contributed by atoms with Gasteiger partial charge in [0.2, 0.25) is 6.41 Å². The molecule has 1 aliphatic heterocycles. The van der Waals surface area contributed by atoms with Crippen molar-refractivity contribution < 1.29 is 4.79 Å². The van der Waals surface area contributed by atoms with Crippen LogP contribution >= 0.6 is 0 Å². The molecule has 4 heteroatoms. The van der Waals surface area contributed by atoms with Crippen LogP contribution in [0.2, 0.25) is 0 Å². The van der Waals surface area contributed by atoms with Crippen molar-refractivity contribution in [1.29, 1.82) is 0 Å². The number of carbonyl (C=O) groups is 1. The largest absolute Gasteiger partial charge is 0.355 e. The van der Waals surface area contributed by atoms with Gasteiger partial charge in [0.15, 0.2) is 0 Å². The Morgan fingerprint density at radius 1 is 1.20 bits per heavy atom. The van der Waals surface area contributed by atoms with Crippen LogP contribution in [0.3, 0.4) is 0 Å². The summed E-state index contributed by atoms with van der Waals surface area (Å²) < 4.78 is 0. The number of rotatable bonds is 2. The Kier molecular flexibility index (Phi) is 3.17. The van der Waals surface area contributed by atoms with Crippen LogP contribution in [0.25, 0.3) is 0 Å². The molecule has 1 aliphatic rings. The molecular weight excluding hydrogens is 190 g/mol. The molecule has 0 N–H and O–H groups in total. The Morgan fingerprint density at radius 3 is 2.87 bits per heavy atom. The predicted octanol–water partition coefficient (Wildman–Crippen LogP) is 0.750. The molecule has 2 rings (SSSR count). The molecule has 0 aromatic carbocycles. The number of nitrogens with zero attached hydrogens (tertiary/aromatic N) is 3. The molecule has 1 fully saturated rings. The molecule has 0 saturated carbocycles. The first kappa shape index (κ1) is 9.96. The van der Waals surface area contributed by atoms with Gasteiger partial charge in [-0.25, -0.2) is 4.98 Å². The zero-order chi connectivity index (χ0) is 10.5. The number of pyridine rings is 1. The molecule has 0 atom stereocenters. The lowest BCUT2D eigenvalue weighted by Gasteiger charge is -2.21. The molecule has 15 heavy (non-hydrogen) atoms. The lowest BCUT2D eigenvalue weighted by Crippen LogP contribution is -2.30. The van der Waals surface area contributed by atoms with E-state index in [0.29, 0.717) is 0 Å². The first-order valence-corrected chi connectivity index (χ1v) is 5.25. The van der Waals surface area contributed by atoms with Gasteiger partial charge in [-0.2, -0.15) is 0 Å². The number of amides is 1. The van der Waals surface area contributed by atoms with Gasteiger partial charge in [0.1, 0.15) is 5.82 Å². The second-order valence-electron chi connectivity index (χ2n) is 3.67. The molecule has 2 heterocycles. The molecular formula is C11H15N3O. The molecule has 0 bridgehead atoms. The fourth-order valence-corrected chi connectivity index (χ4v) is 1.81. The molecule has 0 aliphatic carbocycles. The maximum Gasteiger partial charge on any atom is 0.209 e. The maximum atomic E-state index is 10.6. The third-order valence-corrected chi connectivity index (χ3v) is 2.65. The van der Waals surface area contributed by atoms with Crippen molar-refractivity contribution in [3.8, 4) is 0 Å². The highest BCUT2D eigenvalue weighted by Crippen LogP contribution is 2.11. The van der Waals surface area contributed by atoms with Crippen molar-refractivity contribution in [2.45, 2.75) is 6.42 Å². The third-order valence-electron chi connectivity index (χ3n) is 2.65. The molecule has 0 spiro atoms.